The van der Waals surface area contributed by atoms with Gasteiger partial charge in [-0.1, -0.05) is 45.9 Å². The van der Waals surface area contributed by atoms with Crippen LogP contribution in [-0.2, 0) is 26.8 Å². The molecule has 0 amide bonds. The number of aryl methyl sites for hydroxylation is 2. The van der Waals surface area contributed by atoms with Crippen molar-refractivity contribution in [1.82, 2.24) is 0 Å². The molecule has 0 spiro atoms. The fourth-order valence-electron chi connectivity index (χ4n) is 3.65. The molecule has 2 nitrogen and oxygen atoms in total. The summed E-state index contributed by atoms with van der Waals surface area (Å²) in [6.07, 6.45) is 7.77. The maximum Gasteiger partial charge on any atom is 0.330 e. The monoisotopic (exact) mass is 328 g/mol. The summed E-state index contributed by atoms with van der Waals surface area (Å²) in [5, 5.41) is 0. The minimum Gasteiger partial charge on any atom is -0.463 e. The van der Waals surface area contributed by atoms with Gasteiger partial charge < -0.3 is 4.74 Å². The first-order chi connectivity index (χ1) is 11.2. The van der Waals surface area contributed by atoms with Crippen molar-refractivity contribution in [3.8, 4) is 0 Å². The van der Waals surface area contributed by atoms with Crippen LogP contribution in [0.15, 0.2) is 24.3 Å². The minimum atomic E-state index is -0.248. The van der Waals surface area contributed by atoms with Gasteiger partial charge in [0.2, 0.25) is 0 Å². The highest BCUT2D eigenvalue weighted by molar-refractivity contribution is 5.81. The summed E-state index contributed by atoms with van der Waals surface area (Å²) < 4.78 is 4.92. The summed E-state index contributed by atoms with van der Waals surface area (Å²) in [6.45, 7) is 13.9. The van der Waals surface area contributed by atoms with E-state index >= 15 is 0 Å². The highest BCUT2D eigenvalue weighted by Gasteiger charge is 2.37. The summed E-state index contributed by atoms with van der Waals surface area (Å²) >= 11 is 0. The number of rotatable bonds is 5. The molecule has 24 heavy (non-hydrogen) atoms. The smallest absolute Gasteiger partial charge is 0.330 e. The Bertz CT molecular complexity index is 636. The highest BCUT2D eigenvalue weighted by atomic mass is 16.5. The second-order valence-electron chi connectivity index (χ2n) is 8.29. The molecular weight excluding hydrogens is 296 g/mol. The molecule has 0 unspecified atom stereocenters. The Labute approximate surface area is 147 Å². The zero-order valence-electron chi connectivity index (χ0n) is 16.2. The molecule has 0 heterocycles. The van der Waals surface area contributed by atoms with E-state index in [9.17, 15) is 4.79 Å². The van der Waals surface area contributed by atoms with E-state index in [1.165, 1.54) is 35.1 Å². The van der Waals surface area contributed by atoms with Gasteiger partial charge in [0.25, 0.3) is 0 Å². The maximum atomic E-state index is 11.4. The number of esters is 1. The molecule has 0 atom stereocenters. The SMILES string of the molecule is CCOC(=O)C=CCCc1cc2c(cc1C)C(C)(C)CCC2(C)C. The Morgan fingerprint density at radius 1 is 1.12 bits per heavy atom. The zero-order valence-corrected chi connectivity index (χ0v) is 16.2. The lowest BCUT2D eigenvalue weighted by Crippen LogP contribution is -2.34. The number of ether oxygens (including phenoxy) is 1. The molecule has 0 aliphatic heterocycles. The Morgan fingerprint density at radius 3 is 2.29 bits per heavy atom. The molecule has 0 bridgehead atoms. The first-order valence-corrected chi connectivity index (χ1v) is 9.15. The molecule has 2 heteroatoms. The van der Waals surface area contributed by atoms with E-state index in [4.69, 9.17) is 4.74 Å². The summed E-state index contributed by atoms with van der Waals surface area (Å²) in [5.74, 6) is -0.248. The molecule has 1 aromatic carbocycles. The van der Waals surface area contributed by atoms with Crippen LogP contribution in [0.25, 0.3) is 0 Å². The van der Waals surface area contributed by atoms with Crippen molar-refractivity contribution in [3.05, 3.63) is 46.5 Å². The molecule has 0 N–H and O–H groups in total. The van der Waals surface area contributed by atoms with Crippen LogP contribution in [0.1, 0.15) is 76.1 Å². The molecular formula is C22H32O2. The molecule has 0 saturated heterocycles. The van der Waals surface area contributed by atoms with Crippen molar-refractivity contribution < 1.29 is 9.53 Å². The largest absolute Gasteiger partial charge is 0.463 e. The fourth-order valence-corrected chi connectivity index (χ4v) is 3.65. The summed E-state index contributed by atoms with van der Waals surface area (Å²) in [5.41, 5.74) is 6.29. The van der Waals surface area contributed by atoms with Crippen molar-refractivity contribution in [2.75, 3.05) is 6.61 Å². The van der Waals surface area contributed by atoms with Gasteiger partial charge in [0.05, 0.1) is 6.61 Å². The van der Waals surface area contributed by atoms with Gasteiger partial charge in [0.1, 0.15) is 0 Å². The first-order valence-electron chi connectivity index (χ1n) is 9.15. The van der Waals surface area contributed by atoms with E-state index in [1.807, 2.05) is 13.0 Å². The average Bonchev–Trinajstić information content (AvgIpc) is 2.49. The Kier molecular flexibility index (Phi) is 5.57. The third-order valence-electron chi connectivity index (χ3n) is 5.43. The Morgan fingerprint density at radius 2 is 1.71 bits per heavy atom. The Hall–Kier alpha value is -1.57. The molecule has 0 radical (unpaired) electrons. The molecule has 1 aliphatic carbocycles. The second-order valence-corrected chi connectivity index (χ2v) is 8.29. The Balaban J connectivity index is 2.20. The van der Waals surface area contributed by atoms with Crippen LogP contribution in [0.2, 0.25) is 0 Å². The predicted octanol–water partition coefficient (Wildman–Crippen LogP) is 5.40. The van der Waals surface area contributed by atoms with Crippen LogP contribution in [0.3, 0.4) is 0 Å². The van der Waals surface area contributed by atoms with Gasteiger partial charge in [0.15, 0.2) is 0 Å². The topological polar surface area (TPSA) is 26.3 Å². The van der Waals surface area contributed by atoms with Crippen LogP contribution >= 0.6 is 0 Å². The molecule has 0 fully saturated rings. The normalized spacial score (nSPS) is 18.4. The third-order valence-corrected chi connectivity index (χ3v) is 5.43. The van der Waals surface area contributed by atoms with Gasteiger partial charge in [-0.2, -0.15) is 0 Å². The number of hydrogen-bond acceptors (Lipinski definition) is 2. The lowest BCUT2D eigenvalue weighted by Gasteiger charge is -2.42. The maximum absolute atomic E-state index is 11.4. The highest BCUT2D eigenvalue weighted by Crippen LogP contribution is 2.46. The number of hydrogen-bond donors (Lipinski definition) is 0. The van der Waals surface area contributed by atoms with Gasteiger partial charge in [-0.05, 0) is 72.6 Å². The fraction of sp³-hybridized carbons (Fsp3) is 0.591. The van der Waals surface area contributed by atoms with E-state index < -0.39 is 0 Å². The lowest BCUT2D eigenvalue weighted by atomic mass is 9.62. The quantitative estimate of drug-likeness (QED) is 0.534. The van der Waals surface area contributed by atoms with Gasteiger partial charge in [0, 0.05) is 6.08 Å². The van der Waals surface area contributed by atoms with Crippen molar-refractivity contribution in [3.63, 3.8) is 0 Å². The molecule has 2 rings (SSSR count). The van der Waals surface area contributed by atoms with Crippen LogP contribution in [0.5, 0.6) is 0 Å². The zero-order chi connectivity index (χ0) is 18.0. The first kappa shape index (κ1) is 18.8. The lowest BCUT2D eigenvalue weighted by molar-refractivity contribution is -0.137. The molecule has 132 valence electrons. The third kappa shape index (κ3) is 4.09. The number of fused-ring (bicyclic) bond motifs is 1. The van der Waals surface area contributed by atoms with Crippen molar-refractivity contribution in [2.45, 2.75) is 78.1 Å². The average molecular weight is 328 g/mol. The van der Waals surface area contributed by atoms with E-state index in [0.717, 1.165) is 12.8 Å². The van der Waals surface area contributed by atoms with Crippen molar-refractivity contribution >= 4 is 5.97 Å². The van der Waals surface area contributed by atoms with Gasteiger partial charge in [-0.15, -0.1) is 0 Å². The molecule has 0 saturated carbocycles. The number of benzene rings is 1. The summed E-state index contributed by atoms with van der Waals surface area (Å²) in [6, 6.07) is 4.82. The van der Waals surface area contributed by atoms with Crippen molar-refractivity contribution in [1.29, 1.82) is 0 Å². The molecule has 0 aromatic heterocycles. The van der Waals surface area contributed by atoms with E-state index in [1.54, 1.807) is 6.08 Å². The number of carbonyl (C=O) groups excluding carboxylic acids is 1. The second kappa shape index (κ2) is 7.13. The number of allylic oxidation sites excluding steroid dienone is 1. The summed E-state index contributed by atoms with van der Waals surface area (Å²) in [7, 11) is 0. The van der Waals surface area contributed by atoms with Crippen LogP contribution in [0.4, 0.5) is 0 Å². The van der Waals surface area contributed by atoms with Crippen LogP contribution in [-0.4, -0.2) is 12.6 Å². The molecule has 1 aliphatic rings. The van der Waals surface area contributed by atoms with Gasteiger partial charge >= 0.3 is 5.97 Å². The summed E-state index contributed by atoms with van der Waals surface area (Å²) in [4.78, 5) is 11.4. The molecule has 1 aromatic rings. The van der Waals surface area contributed by atoms with E-state index in [2.05, 4.69) is 46.8 Å². The standard InChI is InChI=1S/C22H32O2/c1-7-24-20(23)11-9-8-10-17-15-19-18(14-16(17)2)21(3,4)12-13-22(19,5)6/h9,11,14-15H,7-8,10,12-13H2,1-6H3. The van der Waals surface area contributed by atoms with Crippen molar-refractivity contribution in [2.24, 2.45) is 0 Å². The van der Waals surface area contributed by atoms with E-state index in [-0.39, 0.29) is 16.8 Å². The van der Waals surface area contributed by atoms with Crippen LogP contribution < -0.4 is 0 Å². The predicted molar refractivity (Wildman–Crippen MR) is 101 cm³/mol. The van der Waals surface area contributed by atoms with Gasteiger partial charge in [-0.3, -0.25) is 0 Å². The minimum absolute atomic E-state index is 0.244. The van der Waals surface area contributed by atoms with E-state index in [0.29, 0.717) is 6.61 Å². The number of carbonyl (C=O) groups is 1. The van der Waals surface area contributed by atoms with Crippen LogP contribution in [0, 0.1) is 6.92 Å². The van der Waals surface area contributed by atoms with Gasteiger partial charge in [-0.25, -0.2) is 4.79 Å².